The number of carbonyl (C=O) groups excluding carboxylic acids is 2. The molecule has 3 aromatic carbocycles. The number of benzene rings is 3. The number of methoxy groups -OCH3 is 2. The fourth-order valence-corrected chi connectivity index (χ4v) is 6.34. The van der Waals surface area contributed by atoms with Gasteiger partial charge in [0.1, 0.15) is 35.8 Å². The minimum absolute atomic E-state index is 0.0117. The lowest BCUT2D eigenvalue weighted by atomic mass is 10.0. The number of ether oxygens (including phenoxy) is 4. The first-order valence-electron chi connectivity index (χ1n) is 13.8. The normalized spacial score (nSPS) is 13.2. The van der Waals surface area contributed by atoms with Gasteiger partial charge >= 0.3 is 0 Å². The first kappa shape index (κ1) is 31.0. The molecule has 1 aromatic heterocycles. The van der Waals surface area contributed by atoms with E-state index in [-0.39, 0.29) is 53.4 Å². The third-order valence-electron chi connectivity index (χ3n) is 7.18. The molecule has 2 heterocycles. The monoisotopic (exact) mass is 634 g/mol. The van der Waals surface area contributed by atoms with Crippen LogP contribution in [0.25, 0.3) is 22.1 Å². The van der Waals surface area contributed by atoms with Crippen LogP contribution in [0.3, 0.4) is 0 Å². The van der Waals surface area contributed by atoms with Gasteiger partial charge in [-0.15, -0.1) is 6.42 Å². The molecule has 14 heteroatoms. The highest BCUT2D eigenvalue weighted by Gasteiger charge is 2.28. The highest BCUT2D eigenvalue weighted by Crippen LogP contribution is 2.40. The molecule has 1 amide bonds. The van der Waals surface area contributed by atoms with Crippen molar-refractivity contribution in [2.75, 3.05) is 63.2 Å². The second-order valence-corrected chi connectivity index (χ2v) is 11.4. The van der Waals surface area contributed by atoms with Gasteiger partial charge in [0, 0.05) is 31.9 Å². The van der Waals surface area contributed by atoms with Gasteiger partial charge in [-0.25, -0.2) is 8.42 Å². The zero-order valence-electron chi connectivity index (χ0n) is 24.5. The molecule has 1 fully saturated rings. The summed E-state index contributed by atoms with van der Waals surface area (Å²) in [7, 11) is -1.54. The van der Waals surface area contributed by atoms with E-state index in [1.54, 1.807) is 23.1 Å². The van der Waals surface area contributed by atoms with Crippen molar-refractivity contribution < 1.29 is 41.5 Å². The Hall–Kier alpha value is -5.42. The third-order valence-corrected chi connectivity index (χ3v) is 8.58. The average Bonchev–Trinajstić information content (AvgIpc) is 3.47. The van der Waals surface area contributed by atoms with E-state index in [0.29, 0.717) is 37.3 Å². The van der Waals surface area contributed by atoms with Crippen LogP contribution in [-0.4, -0.2) is 84.5 Å². The molecule has 0 saturated carbocycles. The third kappa shape index (κ3) is 6.58. The Morgan fingerprint density at radius 2 is 1.73 bits per heavy atom. The molecule has 0 atom stereocenters. The summed E-state index contributed by atoms with van der Waals surface area (Å²) in [5.74, 6) is 2.11. The van der Waals surface area contributed by atoms with Gasteiger partial charge in [-0.3, -0.25) is 14.3 Å². The molecular formula is C31H30N4O9S. The molecule has 0 spiro atoms. The van der Waals surface area contributed by atoms with Crippen LogP contribution in [0.15, 0.2) is 64.0 Å². The summed E-state index contributed by atoms with van der Waals surface area (Å²) in [4.78, 5) is 25.9. The number of nitrogens with zero attached hydrogens (tertiary/aromatic N) is 3. The van der Waals surface area contributed by atoms with Crippen LogP contribution < -0.4 is 23.8 Å². The fraction of sp³-hybridized carbons (Fsp3) is 0.258. The zero-order valence-corrected chi connectivity index (χ0v) is 25.3. The predicted molar refractivity (Wildman–Crippen MR) is 165 cm³/mol. The van der Waals surface area contributed by atoms with Crippen molar-refractivity contribution in [2.24, 2.45) is 0 Å². The number of terminal acetylenes is 1. The summed E-state index contributed by atoms with van der Waals surface area (Å²) >= 11 is 0. The second kappa shape index (κ2) is 13.5. The number of hydrogen-bond donors (Lipinski definition) is 1. The molecular weight excluding hydrogens is 604 g/mol. The van der Waals surface area contributed by atoms with E-state index >= 15 is 0 Å². The van der Waals surface area contributed by atoms with Gasteiger partial charge in [-0.2, -0.15) is 0 Å². The predicted octanol–water partition coefficient (Wildman–Crippen LogP) is 3.15. The number of piperazine rings is 1. The van der Waals surface area contributed by atoms with Crippen LogP contribution in [0.5, 0.6) is 17.2 Å². The first-order valence-corrected chi connectivity index (χ1v) is 15.2. The average molecular weight is 635 g/mol. The number of fused-ring (bicyclic) bond motifs is 1. The second-order valence-electron chi connectivity index (χ2n) is 9.77. The van der Waals surface area contributed by atoms with Gasteiger partial charge in [-0.1, -0.05) is 23.4 Å². The molecule has 5 rings (SSSR count). The van der Waals surface area contributed by atoms with Gasteiger partial charge in [-0.05, 0) is 53.4 Å². The molecule has 1 saturated heterocycles. The molecule has 1 aliphatic heterocycles. The lowest BCUT2D eigenvalue weighted by Gasteiger charge is -2.35. The Balaban J connectivity index is 1.43. The summed E-state index contributed by atoms with van der Waals surface area (Å²) in [6.45, 7) is 2.44. The van der Waals surface area contributed by atoms with Crippen molar-refractivity contribution in [3.8, 4) is 40.7 Å². The maximum Gasteiger partial charge on any atom is 0.298 e. The largest absolute Gasteiger partial charge is 0.496 e. The van der Waals surface area contributed by atoms with Crippen molar-refractivity contribution in [2.45, 2.75) is 4.90 Å². The Morgan fingerprint density at radius 1 is 1.00 bits per heavy atom. The van der Waals surface area contributed by atoms with Crippen LogP contribution in [0.4, 0.5) is 11.5 Å². The lowest BCUT2D eigenvalue weighted by molar-refractivity contribution is -0.129. The molecule has 45 heavy (non-hydrogen) atoms. The summed E-state index contributed by atoms with van der Waals surface area (Å²) in [6, 6.07) is 15.9. The summed E-state index contributed by atoms with van der Waals surface area (Å²) in [6.07, 6.45) is 5.26. The van der Waals surface area contributed by atoms with Crippen molar-refractivity contribution >= 4 is 44.9 Å². The number of hydrogen-bond acceptors (Lipinski definition) is 11. The SMILES string of the molecule is C#CC(=O)N1CCN(c2cccc(-c3cc(OC)c4c(NS(=O)(=O)c5c(OC)cccc5OCCOC=O)noc4c3)c2)CC1. The van der Waals surface area contributed by atoms with E-state index < -0.39 is 10.0 Å². The number of carbonyl (C=O) groups is 2. The molecule has 4 aromatic rings. The van der Waals surface area contributed by atoms with Gasteiger partial charge in [0.25, 0.3) is 22.4 Å². The zero-order chi connectivity index (χ0) is 32.0. The van der Waals surface area contributed by atoms with Gasteiger partial charge in [0.05, 0.1) is 14.2 Å². The number of sulfonamides is 1. The Bertz CT molecular complexity index is 1860. The Labute approximate surface area is 259 Å². The van der Waals surface area contributed by atoms with Gasteiger partial charge < -0.3 is 33.3 Å². The molecule has 0 unspecified atom stereocenters. The molecule has 234 valence electrons. The number of aromatic nitrogens is 1. The highest BCUT2D eigenvalue weighted by molar-refractivity contribution is 7.93. The molecule has 13 nitrogen and oxygen atoms in total. The smallest absolute Gasteiger partial charge is 0.298 e. The maximum absolute atomic E-state index is 13.7. The van der Waals surface area contributed by atoms with E-state index in [0.717, 1.165) is 16.8 Å². The molecule has 0 aliphatic carbocycles. The number of anilines is 2. The number of rotatable bonds is 12. The minimum Gasteiger partial charge on any atom is -0.496 e. The minimum atomic E-state index is -4.34. The molecule has 1 N–H and O–H groups in total. The maximum atomic E-state index is 13.7. The lowest BCUT2D eigenvalue weighted by Crippen LogP contribution is -2.48. The Kier molecular flexibility index (Phi) is 9.29. The van der Waals surface area contributed by atoms with Crippen LogP contribution in [-0.2, 0) is 24.3 Å². The van der Waals surface area contributed by atoms with Gasteiger partial charge in [0.2, 0.25) is 0 Å². The van der Waals surface area contributed by atoms with Gasteiger partial charge in [0.15, 0.2) is 16.3 Å². The van der Waals surface area contributed by atoms with Crippen molar-refractivity contribution in [3.63, 3.8) is 0 Å². The van der Waals surface area contributed by atoms with E-state index in [1.165, 1.54) is 26.4 Å². The standard InChI is InChI=1S/C31H30N4O9S/c1-4-28(37)35-13-11-34(12-14-35)23-8-5-7-21(17-23)22-18-26(41-3)29-27(19-22)44-32-31(29)33-45(38,39)30-24(40-2)9-6-10-25(30)43-16-15-42-20-36/h1,5-10,17-20H,11-16H2,2-3H3,(H,32,33). The van der Waals surface area contributed by atoms with Crippen LogP contribution >= 0.6 is 0 Å². The summed E-state index contributed by atoms with van der Waals surface area (Å²) < 4.78 is 56.5. The van der Waals surface area contributed by atoms with E-state index in [9.17, 15) is 18.0 Å². The topological polar surface area (TPSA) is 150 Å². The number of nitrogens with one attached hydrogen (secondary N) is 1. The van der Waals surface area contributed by atoms with E-state index in [2.05, 4.69) is 25.4 Å². The van der Waals surface area contributed by atoms with E-state index in [4.69, 9.17) is 25.2 Å². The Morgan fingerprint density at radius 3 is 2.44 bits per heavy atom. The van der Waals surface area contributed by atoms with Crippen LogP contribution in [0.1, 0.15) is 0 Å². The van der Waals surface area contributed by atoms with E-state index in [1.807, 2.05) is 24.3 Å². The summed E-state index contributed by atoms with van der Waals surface area (Å²) in [5.41, 5.74) is 2.88. The summed E-state index contributed by atoms with van der Waals surface area (Å²) in [5, 5.41) is 4.31. The fourth-order valence-electron chi connectivity index (χ4n) is 5.04. The molecule has 1 aliphatic rings. The first-order chi connectivity index (χ1) is 21.8. The quantitative estimate of drug-likeness (QED) is 0.139. The van der Waals surface area contributed by atoms with Crippen molar-refractivity contribution in [1.82, 2.24) is 10.1 Å². The highest BCUT2D eigenvalue weighted by atomic mass is 32.2. The molecule has 0 radical (unpaired) electrons. The molecule has 0 bridgehead atoms. The van der Waals surface area contributed by atoms with Crippen LogP contribution in [0.2, 0.25) is 0 Å². The van der Waals surface area contributed by atoms with Crippen molar-refractivity contribution in [3.05, 3.63) is 54.6 Å². The van der Waals surface area contributed by atoms with Crippen LogP contribution in [0, 0.1) is 12.3 Å². The van der Waals surface area contributed by atoms with Crippen molar-refractivity contribution in [1.29, 1.82) is 0 Å². The number of amides is 1.